The Hall–Kier alpha value is 0.830. The maximum atomic E-state index is 9.76. The first-order valence-corrected chi connectivity index (χ1v) is 3.65. The van der Waals surface area contributed by atoms with E-state index in [4.69, 9.17) is 9.66 Å². The van der Waals surface area contributed by atoms with Crippen molar-refractivity contribution in [3.05, 3.63) is 0 Å². The predicted molar refractivity (Wildman–Crippen MR) is 30.3 cm³/mol. The van der Waals surface area contributed by atoms with Crippen molar-refractivity contribution >= 4 is 10.4 Å². The van der Waals surface area contributed by atoms with Crippen molar-refractivity contribution in [2.24, 2.45) is 0 Å². The van der Waals surface area contributed by atoms with Gasteiger partial charge < -0.3 is 6.53 Å². The van der Waals surface area contributed by atoms with E-state index in [-0.39, 0.29) is 50.6 Å². The Morgan fingerprint density at radius 1 is 1.50 bits per heavy atom. The molecule has 2 N–H and O–H groups in total. The quantitative estimate of drug-likeness (QED) is 0.264. The molecule has 0 aromatic rings. The fraction of sp³-hybridized carbons (Fsp3) is 1.00. The number of hydrogen-bond donors (Lipinski definition) is 2. The molecule has 5 nitrogen and oxygen atoms in total. The van der Waals surface area contributed by atoms with E-state index in [2.05, 4.69) is 4.18 Å². The Balaban J connectivity index is -0.000000320. The van der Waals surface area contributed by atoms with Crippen molar-refractivity contribution in [2.45, 2.75) is 6.42 Å². The third-order valence-electron chi connectivity index (χ3n) is 0.535. The molecule has 0 bridgehead atoms. The van der Waals surface area contributed by atoms with Crippen LogP contribution in [0.15, 0.2) is 0 Å². The fourth-order valence-electron chi connectivity index (χ4n) is 0.229. The molecule has 58 valence electrons. The molecule has 0 aliphatic carbocycles. The molecule has 0 unspecified atom stereocenters. The molecule has 0 fully saturated rings. The van der Waals surface area contributed by atoms with E-state index in [0.717, 1.165) is 0 Å². The number of aliphatic hydroxyl groups excluding tert-OH is 1. The second-order valence-electron chi connectivity index (χ2n) is 1.33. The second-order valence-corrected chi connectivity index (χ2v) is 2.42. The van der Waals surface area contributed by atoms with Gasteiger partial charge in [-0.3, -0.25) is 4.55 Å². The first-order chi connectivity index (χ1) is 4.06. The molecule has 0 amide bonds. The summed E-state index contributed by atoms with van der Waals surface area (Å²) >= 11 is 0. The number of rotatable bonds is 4. The number of hydrogen-bond acceptors (Lipinski definition) is 4. The standard InChI is InChI=1S/C3H8O5S.Na.H/c4-2-1-3-8-9(5,6)7;;/h4H,1-3H2,(H,5,6,7);;/q;+1;-1. The van der Waals surface area contributed by atoms with Gasteiger partial charge in [0.15, 0.2) is 0 Å². The summed E-state index contributed by atoms with van der Waals surface area (Å²) in [5, 5.41) is 8.11. The van der Waals surface area contributed by atoms with Gasteiger partial charge in [0, 0.05) is 6.61 Å². The third-order valence-corrected chi connectivity index (χ3v) is 0.999. The van der Waals surface area contributed by atoms with Crippen LogP contribution in [0.3, 0.4) is 0 Å². The zero-order chi connectivity index (χ0) is 7.33. The summed E-state index contributed by atoms with van der Waals surface area (Å²) in [4.78, 5) is 0. The number of aliphatic hydroxyl groups is 1. The van der Waals surface area contributed by atoms with Gasteiger partial charge in [-0.2, -0.15) is 8.42 Å². The van der Waals surface area contributed by atoms with Gasteiger partial charge >= 0.3 is 40.0 Å². The summed E-state index contributed by atoms with van der Waals surface area (Å²) in [5.74, 6) is 0. The van der Waals surface area contributed by atoms with Crippen LogP contribution >= 0.6 is 0 Å². The average molecular weight is 180 g/mol. The van der Waals surface area contributed by atoms with Crippen molar-refractivity contribution in [1.82, 2.24) is 0 Å². The van der Waals surface area contributed by atoms with Gasteiger partial charge in [-0.1, -0.05) is 0 Å². The molecule has 0 saturated heterocycles. The molecule has 0 atom stereocenters. The average Bonchev–Trinajstić information content (AvgIpc) is 1.63. The first kappa shape index (κ1) is 13.4. The summed E-state index contributed by atoms with van der Waals surface area (Å²) in [5.41, 5.74) is 0. The molecule has 7 heteroatoms. The first-order valence-electron chi connectivity index (χ1n) is 2.29. The van der Waals surface area contributed by atoms with Crippen LogP contribution in [0.1, 0.15) is 7.85 Å². The predicted octanol–water partition coefficient (Wildman–Crippen LogP) is -3.70. The van der Waals surface area contributed by atoms with Gasteiger partial charge in [-0.05, 0) is 6.42 Å². The third kappa shape index (κ3) is 11.6. The molecule has 0 aromatic heterocycles. The van der Waals surface area contributed by atoms with Crippen LogP contribution in [-0.4, -0.2) is 31.3 Å². The van der Waals surface area contributed by atoms with Gasteiger partial charge in [-0.15, -0.1) is 0 Å². The van der Waals surface area contributed by atoms with Crippen molar-refractivity contribution in [2.75, 3.05) is 13.2 Å². The van der Waals surface area contributed by atoms with Crippen LogP contribution in [0.25, 0.3) is 0 Å². The molecule has 0 aliphatic heterocycles. The van der Waals surface area contributed by atoms with Gasteiger partial charge in [0.25, 0.3) is 0 Å². The molecule has 10 heavy (non-hydrogen) atoms. The monoisotopic (exact) mass is 180 g/mol. The van der Waals surface area contributed by atoms with E-state index in [1.807, 2.05) is 0 Å². The molecule has 0 spiro atoms. The Bertz CT molecular complexity index is 157. The van der Waals surface area contributed by atoms with Crippen molar-refractivity contribution < 1.29 is 53.2 Å². The Morgan fingerprint density at radius 3 is 2.30 bits per heavy atom. The Kier molecular flexibility index (Phi) is 8.77. The van der Waals surface area contributed by atoms with Crippen LogP contribution < -0.4 is 29.6 Å². The van der Waals surface area contributed by atoms with Crippen molar-refractivity contribution in [3.63, 3.8) is 0 Å². The Morgan fingerprint density at radius 2 is 2.00 bits per heavy atom. The van der Waals surface area contributed by atoms with Crippen LogP contribution in [0.5, 0.6) is 0 Å². The minimum Gasteiger partial charge on any atom is -1.00 e. The zero-order valence-electron chi connectivity index (χ0n) is 6.65. The Labute approximate surface area is 83.1 Å². The SMILES string of the molecule is O=S(=O)(O)OCCCO.[H-].[Na+]. The zero-order valence-corrected chi connectivity index (χ0v) is 8.47. The normalized spacial score (nSPS) is 10.6. The molecular formula is C3H9NaO5S. The summed E-state index contributed by atoms with van der Waals surface area (Å²) in [7, 11) is -4.31. The van der Waals surface area contributed by atoms with Crippen molar-refractivity contribution in [1.29, 1.82) is 0 Å². The minimum absolute atomic E-state index is 0. The fourth-order valence-corrected chi connectivity index (χ4v) is 0.557. The molecule has 0 saturated carbocycles. The van der Waals surface area contributed by atoms with Crippen LogP contribution in [0.2, 0.25) is 0 Å². The molecular weight excluding hydrogens is 171 g/mol. The summed E-state index contributed by atoms with van der Waals surface area (Å²) in [6.07, 6.45) is 0.194. The van der Waals surface area contributed by atoms with E-state index in [0.29, 0.717) is 0 Å². The van der Waals surface area contributed by atoms with Crippen LogP contribution in [0, 0.1) is 0 Å². The van der Waals surface area contributed by atoms with Crippen molar-refractivity contribution in [3.8, 4) is 0 Å². The van der Waals surface area contributed by atoms with E-state index >= 15 is 0 Å². The maximum absolute atomic E-state index is 9.76. The molecule has 0 aromatic carbocycles. The minimum atomic E-state index is -4.31. The largest absolute Gasteiger partial charge is 1.00 e. The van der Waals surface area contributed by atoms with Gasteiger partial charge in [0.1, 0.15) is 0 Å². The van der Waals surface area contributed by atoms with E-state index in [1.54, 1.807) is 0 Å². The van der Waals surface area contributed by atoms with E-state index in [1.165, 1.54) is 0 Å². The van der Waals surface area contributed by atoms with Gasteiger partial charge in [0.2, 0.25) is 0 Å². The van der Waals surface area contributed by atoms with Gasteiger partial charge in [0.05, 0.1) is 6.61 Å². The smallest absolute Gasteiger partial charge is 1.00 e. The molecule has 0 aliphatic rings. The summed E-state index contributed by atoms with van der Waals surface area (Å²) in [6.45, 7) is -0.342. The van der Waals surface area contributed by atoms with Gasteiger partial charge in [-0.25, -0.2) is 4.18 Å². The summed E-state index contributed by atoms with van der Waals surface area (Å²) < 4.78 is 31.3. The maximum Gasteiger partial charge on any atom is 1.00 e. The summed E-state index contributed by atoms with van der Waals surface area (Å²) in [6, 6.07) is 0. The van der Waals surface area contributed by atoms with E-state index in [9.17, 15) is 8.42 Å². The second kappa shape index (κ2) is 6.53. The topological polar surface area (TPSA) is 83.8 Å². The van der Waals surface area contributed by atoms with E-state index < -0.39 is 10.4 Å². The van der Waals surface area contributed by atoms with Crippen LogP contribution in [-0.2, 0) is 14.6 Å². The molecule has 0 radical (unpaired) electrons. The van der Waals surface area contributed by atoms with Crippen LogP contribution in [0.4, 0.5) is 0 Å². The molecule has 0 rings (SSSR count). The molecule has 0 heterocycles.